The highest BCUT2D eigenvalue weighted by Crippen LogP contribution is 2.09. The number of H-pyrrole nitrogens is 1. The molecule has 2 rings (SSSR count). The van der Waals surface area contributed by atoms with Crippen LogP contribution in [0.1, 0.15) is 11.4 Å². The van der Waals surface area contributed by atoms with Crippen molar-refractivity contribution in [2.45, 2.75) is 6.61 Å². The number of aromatic nitrogens is 4. The third-order valence-corrected chi connectivity index (χ3v) is 1.59. The maximum Gasteiger partial charge on any atom is 0.201 e. The third kappa shape index (κ3) is 1.11. The molecule has 2 heterocycles. The molecule has 0 bridgehead atoms. The van der Waals surface area contributed by atoms with Crippen LogP contribution in [0.25, 0.3) is 11.2 Å². The van der Waals surface area contributed by atoms with Gasteiger partial charge in [-0.15, -0.1) is 0 Å². The summed E-state index contributed by atoms with van der Waals surface area (Å²) in [7, 11) is 0. The quantitative estimate of drug-likeness (QED) is 0.620. The number of nitrogens with zero attached hydrogens (tertiary/aromatic N) is 4. The van der Waals surface area contributed by atoms with E-state index in [0.717, 1.165) is 0 Å². The summed E-state index contributed by atoms with van der Waals surface area (Å²) in [5, 5.41) is 23.7. The zero-order valence-corrected chi connectivity index (χ0v) is 6.52. The number of hydrogen-bond acceptors (Lipinski definition) is 5. The molecule has 0 aromatic carbocycles. The van der Waals surface area contributed by atoms with E-state index in [1.54, 1.807) is 0 Å². The molecule has 0 amide bonds. The Balaban J connectivity index is 2.73. The van der Waals surface area contributed by atoms with Gasteiger partial charge >= 0.3 is 0 Å². The van der Waals surface area contributed by atoms with Crippen LogP contribution in [0.2, 0.25) is 0 Å². The predicted octanol–water partition coefficient (Wildman–Crippen LogP) is -0.283. The van der Waals surface area contributed by atoms with E-state index in [1.165, 1.54) is 6.20 Å². The Morgan fingerprint density at radius 1 is 1.62 bits per heavy atom. The standard InChI is InChI=1S/C7H5N5O/c8-1-5-6-7(12-11-5)9-2-4(3-13)10-6/h2,13H,3H2,(H,9,11,12). The van der Waals surface area contributed by atoms with Gasteiger partial charge in [0.25, 0.3) is 0 Å². The second-order valence-corrected chi connectivity index (χ2v) is 2.40. The number of rotatable bonds is 1. The SMILES string of the molecule is N#Cc1[nH]nc2ncc(CO)nc12. The van der Waals surface area contributed by atoms with Crippen molar-refractivity contribution in [2.75, 3.05) is 0 Å². The summed E-state index contributed by atoms with van der Waals surface area (Å²) in [6.45, 7) is -0.195. The normalized spacial score (nSPS) is 10.2. The van der Waals surface area contributed by atoms with Gasteiger partial charge in [-0.1, -0.05) is 0 Å². The van der Waals surface area contributed by atoms with Gasteiger partial charge < -0.3 is 5.11 Å². The van der Waals surface area contributed by atoms with E-state index in [0.29, 0.717) is 16.9 Å². The van der Waals surface area contributed by atoms with Crippen LogP contribution < -0.4 is 0 Å². The van der Waals surface area contributed by atoms with Crippen molar-refractivity contribution in [1.29, 1.82) is 5.26 Å². The second kappa shape index (κ2) is 2.80. The lowest BCUT2D eigenvalue weighted by Crippen LogP contribution is -1.91. The van der Waals surface area contributed by atoms with Crippen LogP contribution in [0.15, 0.2) is 6.20 Å². The van der Waals surface area contributed by atoms with Gasteiger partial charge in [0.05, 0.1) is 18.5 Å². The molecule has 0 saturated carbocycles. The van der Waals surface area contributed by atoms with Crippen LogP contribution in [0.4, 0.5) is 0 Å². The van der Waals surface area contributed by atoms with E-state index < -0.39 is 0 Å². The molecule has 0 aliphatic rings. The van der Waals surface area contributed by atoms with Crippen molar-refractivity contribution in [2.24, 2.45) is 0 Å². The van der Waals surface area contributed by atoms with Gasteiger partial charge in [-0.3, -0.25) is 5.10 Å². The number of hydrogen-bond donors (Lipinski definition) is 2. The predicted molar refractivity (Wildman–Crippen MR) is 42.3 cm³/mol. The minimum atomic E-state index is -0.195. The summed E-state index contributed by atoms with van der Waals surface area (Å²) in [4.78, 5) is 7.90. The van der Waals surface area contributed by atoms with Crippen molar-refractivity contribution < 1.29 is 5.11 Å². The van der Waals surface area contributed by atoms with E-state index in [-0.39, 0.29) is 12.3 Å². The lowest BCUT2D eigenvalue weighted by atomic mass is 10.4. The molecule has 13 heavy (non-hydrogen) atoms. The zero-order valence-electron chi connectivity index (χ0n) is 6.52. The number of aliphatic hydroxyl groups excluding tert-OH is 1. The molecule has 2 aromatic rings. The molecule has 0 atom stereocenters. The van der Waals surface area contributed by atoms with Gasteiger partial charge in [0, 0.05) is 0 Å². The van der Waals surface area contributed by atoms with E-state index in [9.17, 15) is 0 Å². The Bertz CT molecular complexity index is 483. The number of nitriles is 1. The molecular weight excluding hydrogens is 170 g/mol. The van der Waals surface area contributed by atoms with Gasteiger partial charge in [-0.05, 0) is 0 Å². The fraction of sp³-hybridized carbons (Fsp3) is 0.143. The molecule has 0 radical (unpaired) electrons. The van der Waals surface area contributed by atoms with Crippen molar-refractivity contribution in [3.8, 4) is 6.07 Å². The van der Waals surface area contributed by atoms with E-state index in [1.807, 2.05) is 6.07 Å². The second-order valence-electron chi connectivity index (χ2n) is 2.40. The fourth-order valence-electron chi connectivity index (χ4n) is 0.985. The topological polar surface area (TPSA) is 98.5 Å². The van der Waals surface area contributed by atoms with Gasteiger partial charge in [0.2, 0.25) is 5.65 Å². The summed E-state index contributed by atoms with van der Waals surface area (Å²) in [5.41, 5.74) is 1.46. The lowest BCUT2D eigenvalue weighted by Gasteiger charge is -1.92. The van der Waals surface area contributed by atoms with Crippen LogP contribution in [0.3, 0.4) is 0 Å². The number of nitrogens with one attached hydrogen (secondary N) is 1. The zero-order chi connectivity index (χ0) is 9.26. The molecule has 6 heteroatoms. The van der Waals surface area contributed by atoms with Gasteiger partial charge in [-0.25, -0.2) is 9.97 Å². The highest BCUT2D eigenvalue weighted by atomic mass is 16.3. The van der Waals surface area contributed by atoms with Crippen molar-refractivity contribution in [1.82, 2.24) is 20.2 Å². The fourth-order valence-corrected chi connectivity index (χ4v) is 0.985. The average Bonchev–Trinajstić information content (AvgIpc) is 2.59. The Morgan fingerprint density at radius 3 is 3.15 bits per heavy atom. The summed E-state index contributed by atoms with van der Waals surface area (Å²) >= 11 is 0. The number of aromatic amines is 1. The first-order valence-corrected chi connectivity index (χ1v) is 3.56. The molecule has 0 spiro atoms. The smallest absolute Gasteiger partial charge is 0.201 e. The minimum absolute atomic E-state index is 0.195. The lowest BCUT2D eigenvalue weighted by molar-refractivity contribution is 0.277. The summed E-state index contributed by atoms with van der Waals surface area (Å²) in [6.07, 6.45) is 1.42. The Kier molecular flexibility index (Phi) is 1.65. The summed E-state index contributed by atoms with van der Waals surface area (Å²) in [6, 6.07) is 1.90. The van der Waals surface area contributed by atoms with Gasteiger partial charge in [0.15, 0.2) is 5.69 Å². The molecule has 0 unspecified atom stereocenters. The van der Waals surface area contributed by atoms with Crippen LogP contribution in [-0.4, -0.2) is 25.3 Å². The molecule has 0 saturated heterocycles. The Hall–Kier alpha value is -2.00. The third-order valence-electron chi connectivity index (χ3n) is 1.59. The van der Waals surface area contributed by atoms with Gasteiger partial charge in [0.1, 0.15) is 11.6 Å². The van der Waals surface area contributed by atoms with Crippen LogP contribution in [-0.2, 0) is 6.61 Å². The van der Waals surface area contributed by atoms with E-state index in [2.05, 4.69) is 20.2 Å². The van der Waals surface area contributed by atoms with Crippen LogP contribution in [0.5, 0.6) is 0 Å². The molecule has 64 valence electrons. The molecule has 6 nitrogen and oxygen atoms in total. The minimum Gasteiger partial charge on any atom is -0.390 e. The first-order chi connectivity index (χ1) is 6.35. The highest BCUT2D eigenvalue weighted by molar-refractivity contribution is 5.75. The summed E-state index contributed by atoms with van der Waals surface area (Å²) < 4.78 is 0. The Morgan fingerprint density at radius 2 is 2.46 bits per heavy atom. The van der Waals surface area contributed by atoms with Crippen molar-refractivity contribution in [3.05, 3.63) is 17.6 Å². The van der Waals surface area contributed by atoms with Crippen molar-refractivity contribution in [3.63, 3.8) is 0 Å². The van der Waals surface area contributed by atoms with Crippen molar-refractivity contribution >= 4 is 11.2 Å². The van der Waals surface area contributed by atoms with Crippen LogP contribution in [0, 0.1) is 11.3 Å². The first kappa shape index (κ1) is 7.64. The number of aliphatic hydroxyl groups is 1. The number of fused-ring (bicyclic) bond motifs is 1. The van der Waals surface area contributed by atoms with Crippen LogP contribution >= 0.6 is 0 Å². The Labute approximate surface area is 72.9 Å². The van der Waals surface area contributed by atoms with E-state index >= 15 is 0 Å². The highest BCUT2D eigenvalue weighted by Gasteiger charge is 2.07. The molecule has 2 aromatic heterocycles. The monoisotopic (exact) mass is 175 g/mol. The largest absolute Gasteiger partial charge is 0.390 e. The molecule has 0 aliphatic carbocycles. The maximum atomic E-state index is 8.78. The molecule has 0 aliphatic heterocycles. The molecular formula is C7H5N5O. The summed E-state index contributed by atoms with van der Waals surface area (Å²) in [5.74, 6) is 0. The van der Waals surface area contributed by atoms with Gasteiger partial charge in [-0.2, -0.15) is 10.4 Å². The molecule has 0 fully saturated rings. The maximum absolute atomic E-state index is 8.78. The average molecular weight is 175 g/mol. The molecule has 2 N–H and O–H groups in total. The first-order valence-electron chi connectivity index (χ1n) is 3.56. The van der Waals surface area contributed by atoms with E-state index in [4.69, 9.17) is 10.4 Å².